The van der Waals surface area contributed by atoms with Crippen molar-refractivity contribution in [2.24, 2.45) is 0 Å². The van der Waals surface area contributed by atoms with Crippen molar-refractivity contribution < 1.29 is 0 Å². The van der Waals surface area contributed by atoms with E-state index in [0.29, 0.717) is 0 Å². The second-order valence-corrected chi connectivity index (χ2v) is 6.17. The summed E-state index contributed by atoms with van der Waals surface area (Å²) < 4.78 is 2.40. The molecule has 28 heavy (non-hydrogen) atoms. The van der Waals surface area contributed by atoms with Gasteiger partial charge >= 0.3 is 0 Å². The lowest BCUT2D eigenvalue weighted by Gasteiger charge is -2.12. The SMILES string of the molecule is C#C.CC.CC/C=C\c1c(C)c2ccccc2n1-c1cccc2ccccc12. The first-order valence-electron chi connectivity index (χ1n) is 9.89. The van der Waals surface area contributed by atoms with Gasteiger partial charge in [0.05, 0.1) is 11.2 Å². The Hall–Kier alpha value is -3.24. The van der Waals surface area contributed by atoms with Gasteiger partial charge in [-0.3, -0.25) is 0 Å². The van der Waals surface area contributed by atoms with Crippen molar-refractivity contribution in [1.29, 1.82) is 0 Å². The summed E-state index contributed by atoms with van der Waals surface area (Å²) in [6, 6.07) is 23.8. The molecule has 1 aromatic heterocycles. The molecule has 0 spiro atoms. The minimum Gasteiger partial charge on any atom is -0.309 e. The number of para-hydroxylation sites is 1. The molecule has 4 aromatic rings. The lowest BCUT2D eigenvalue weighted by Crippen LogP contribution is -1.98. The topological polar surface area (TPSA) is 4.93 Å². The molecular formula is C27H29N. The first-order valence-corrected chi connectivity index (χ1v) is 9.89. The molecule has 0 radical (unpaired) electrons. The van der Waals surface area contributed by atoms with Crippen LogP contribution in [0.15, 0.2) is 72.8 Å². The number of aromatic nitrogens is 1. The van der Waals surface area contributed by atoms with E-state index < -0.39 is 0 Å². The lowest BCUT2D eigenvalue weighted by atomic mass is 10.1. The van der Waals surface area contributed by atoms with Gasteiger partial charge in [-0.2, -0.15) is 0 Å². The molecule has 142 valence electrons. The van der Waals surface area contributed by atoms with E-state index in [1.807, 2.05) is 13.8 Å². The standard InChI is InChI=1S/C23H21N.C2H6.C2H2/c1-3-4-14-21-17(2)19-12-7-8-15-22(19)24(21)23-16-9-11-18-10-5-6-13-20(18)23;2*1-2/h4-16H,3H2,1-2H3;1-2H3;1-2H/b14-4-;;. The summed E-state index contributed by atoms with van der Waals surface area (Å²) in [4.78, 5) is 0. The molecule has 0 unspecified atom stereocenters. The third kappa shape index (κ3) is 3.87. The van der Waals surface area contributed by atoms with E-state index in [0.717, 1.165) is 6.42 Å². The van der Waals surface area contributed by atoms with E-state index in [-0.39, 0.29) is 0 Å². The average molecular weight is 368 g/mol. The number of rotatable bonds is 3. The van der Waals surface area contributed by atoms with Gasteiger partial charge in [0, 0.05) is 16.5 Å². The highest BCUT2D eigenvalue weighted by molar-refractivity contribution is 5.96. The Labute approximate surface area is 169 Å². The Balaban J connectivity index is 0.000000660. The van der Waals surface area contributed by atoms with Crippen molar-refractivity contribution in [3.8, 4) is 18.5 Å². The van der Waals surface area contributed by atoms with Gasteiger partial charge in [-0.1, -0.05) is 81.4 Å². The van der Waals surface area contributed by atoms with Gasteiger partial charge in [-0.25, -0.2) is 0 Å². The zero-order chi connectivity index (χ0) is 20.5. The Bertz CT molecular complexity index is 1090. The third-order valence-corrected chi connectivity index (χ3v) is 4.69. The minimum atomic E-state index is 1.04. The molecule has 0 bridgehead atoms. The molecule has 0 amide bonds. The fourth-order valence-corrected chi connectivity index (χ4v) is 3.51. The van der Waals surface area contributed by atoms with Crippen LogP contribution in [-0.4, -0.2) is 4.57 Å². The first kappa shape index (κ1) is 21.1. The van der Waals surface area contributed by atoms with Gasteiger partial charge in [0.2, 0.25) is 0 Å². The number of fused-ring (bicyclic) bond motifs is 2. The maximum absolute atomic E-state index is 4.00. The summed E-state index contributed by atoms with van der Waals surface area (Å²) in [5.74, 6) is 0. The lowest BCUT2D eigenvalue weighted by molar-refractivity contribution is 1.10. The van der Waals surface area contributed by atoms with Crippen molar-refractivity contribution in [3.63, 3.8) is 0 Å². The van der Waals surface area contributed by atoms with E-state index >= 15 is 0 Å². The van der Waals surface area contributed by atoms with Crippen LogP contribution in [0.5, 0.6) is 0 Å². The number of terminal acetylenes is 1. The van der Waals surface area contributed by atoms with Crippen LogP contribution in [0.4, 0.5) is 0 Å². The number of hydrogen-bond acceptors (Lipinski definition) is 0. The molecule has 0 aliphatic rings. The number of hydrogen-bond donors (Lipinski definition) is 0. The van der Waals surface area contributed by atoms with Crippen molar-refractivity contribution in [2.75, 3.05) is 0 Å². The van der Waals surface area contributed by atoms with Crippen molar-refractivity contribution in [1.82, 2.24) is 4.57 Å². The highest BCUT2D eigenvalue weighted by atomic mass is 15.0. The molecule has 1 heterocycles. The molecule has 0 N–H and O–H groups in total. The van der Waals surface area contributed by atoms with Crippen LogP contribution in [0.1, 0.15) is 38.4 Å². The van der Waals surface area contributed by atoms with Crippen LogP contribution < -0.4 is 0 Å². The molecule has 1 heteroatoms. The Morgan fingerprint density at radius 2 is 1.43 bits per heavy atom. The van der Waals surface area contributed by atoms with Crippen molar-refractivity contribution in [2.45, 2.75) is 34.1 Å². The van der Waals surface area contributed by atoms with Crippen molar-refractivity contribution in [3.05, 3.63) is 84.1 Å². The monoisotopic (exact) mass is 367 g/mol. The van der Waals surface area contributed by atoms with Gasteiger partial charge in [0.25, 0.3) is 0 Å². The molecular weight excluding hydrogens is 338 g/mol. The molecule has 4 rings (SSSR count). The fraction of sp³-hybridized carbons (Fsp3) is 0.185. The maximum atomic E-state index is 4.00. The maximum Gasteiger partial charge on any atom is 0.0540 e. The van der Waals surface area contributed by atoms with E-state index in [2.05, 4.69) is 110 Å². The number of aryl methyl sites for hydroxylation is 1. The minimum absolute atomic E-state index is 1.04. The molecule has 0 aliphatic carbocycles. The summed E-state index contributed by atoms with van der Waals surface area (Å²) in [5, 5.41) is 3.88. The largest absolute Gasteiger partial charge is 0.309 e. The molecule has 0 aliphatic heterocycles. The normalized spacial score (nSPS) is 10.4. The van der Waals surface area contributed by atoms with E-state index in [9.17, 15) is 0 Å². The second-order valence-electron chi connectivity index (χ2n) is 6.17. The van der Waals surface area contributed by atoms with Gasteiger partial charge in [-0.05, 0) is 42.5 Å². The fourth-order valence-electron chi connectivity index (χ4n) is 3.51. The van der Waals surface area contributed by atoms with E-state index in [1.165, 1.54) is 38.6 Å². The summed E-state index contributed by atoms with van der Waals surface area (Å²) >= 11 is 0. The molecule has 0 fully saturated rings. The van der Waals surface area contributed by atoms with Crippen LogP contribution in [-0.2, 0) is 0 Å². The van der Waals surface area contributed by atoms with Crippen LogP contribution in [0.25, 0.3) is 33.4 Å². The number of nitrogens with zero attached hydrogens (tertiary/aromatic N) is 1. The van der Waals surface area contributed by atoms with Crippen LogP contribution in [0.3, 0.4) is 0 Å². The second kappa shape index (κ2) is 10.2. The average Bonchev–Trinajstić information content (AvgIpc) is 3.06. The predicted molar refractivity (Wildman–Crippen MR) is 126 cm³/mol. The zero-order valence-electron chi connectivity index (χ0n) is 17.3. The smallest absolute Gasteiger partial charge is 0.0540 e. The highest BCUT2D eigenvalue weighted by Crippen LogP contribution is 2.33. The van der Waals surface area contributed by atoms with Gasteiger partial charge in [0.1, 0.15) is 0 Å². The third-order valence-electron chi connectivity index (χ3n) is 4.69. The summed E-state index contributed by atoms with van der Waals surface area (Å²) in [5.41, 5.74) is 5.12. The van der Waals surface area contributed by atoms with Gasteiger partial charge in [-0.15, -0.1) is 12.8 Å². The van der Waals surface area contributed by atoms with Gasteiger partial charge < -0.3 is 4.57 Å². The first-order chi connectivity index (χ1) is 13.8. The van der Waals surface area contributed by atoms with Crippen LogP contribution in [0.2, 0.25) is 0 Å². The number of allylic oxidation sites excluding steroid dienone is 1. The molecule has 1 nitrogen and oxygen atoms in total. The molecule has 0 atom stereocenters. The van der Waals surface area contributed by atoms with Crippen molar-refractivity contribution >= 4 is 27.8 Å². The zero-order valence-corrected chi connectivity index (χ0v) is 17.3. The highest BCUT2D eigenvalue weighted by Gasteiger charge is 2.14. The van der Waals surface area contributed by atoms with Crippen LogP contribution in [0, 0.1) is 19.8 Å². The number of benzene rings is 3. The van der Waals surface area contributed by atoms with E-state index in [4.69, 9.17) is 0 Å². The Morgan fingerprint density at radius 1 is 0.821 bits per heavy atom. The van der Waals surface area contributed by atoms with Gasteiger partial charge in [0.15, 0.2) is 0 Å². The predicted octanol–water partition coefficient (Wildman–Crippen LogP) is 7.79. The Kier molecular flexibility index (Phi) is 7.66. The molecule has 0 saturated heterocycles. The molecule has 3 aromatic carbocycles. The molecule has 0 saturated carbocycles. The summed E-state index contributed by atoms with van der Waals surface area (Å²) in [6.45, 7) is 8.40. The van der Waals surface area contributed by atoms with E-state index in [1.54, 1.807) is 0 Å². The summed E-state index contributed by atoms with van der Waals surface area (Å²) in [6.07, 6.45) is 13.5. The van der Waals surface area contributed by atoms with Crippen LogP contribution >= 0.6 is 0 Å². The summed E-state index contributed by atoms with van der Waals surface area (Å²) in [7, 11) is 0. The Morgan fingerprint density at radius 3 is 2.14 bits per heavy atom. The quantitative estimate of drug-likeness (QED) is 0.326.